The van der Waals surface area contributed by atoms with Crippen LogP contribution in [0.4, 0.5) is 13.2 Å². The Morgan fingerprint density at radius 2 is 1.86 bits per heavy atom. The zero-order chi connectivity index (χ0) is 16.2. The molecule has 0 unspecified atom stereocenters. The molecule has 0 aliphatic rings. The van der Waals surface area contributed by atoms with E-state index in [1.807, 2.05) is 0 Å². The third-order valence-corrected chi connectivity index (χ3v) is 4.40. The summed E-state index contributed by atoms with van der Waals surface area (Å²) in [5.74, 6) is -4.78. The lowest BCUT2D eigenvalue weighted by Gasteiger charge is -2.21. The minimum absolute atomic E-state index is 0.116. The Kier molecular flexibility index (Phi) is 5.55. The maximum atomic E-state index is 13.6. The van der Waals surface area contributed by atoms with Gasteiger partial charge in [0.15, 0.2) is 10.7 Å². The number of sulfonamides is 1. The van der Waals surface area contributed by atoms with E-state index >= 15 is 0 Å². The van der Waals surface area contributed by atoms with Gasteiger partial charge in [-0.3, -0.25) is 0 Å². The first-order valence-corrected chi connectivity index (χ1v) is 7.29. The Balaban J connectivity index is 3.36. The van der Waals surface area contributed by atoms with Crippen molar-refractivity contribution >= 4 is 15.9 Å². The maximum Gasteiger partial charge on any atom is 0.249 e. The van der Waals surface area contributed by atoms with Gasteiger partial charge in [0.1, 0.15) is 17.5 Å². The lowest BCUT2D eigenvalue weighted by Crippen LogP contribution is -2.39. The zero-order valence-corrected chi connectivity index (χ0v) is 11.9. The van der Waals surface area contributed by atoms with Gasteiger partial charge in [-0.05, 0) is 6.42 Å². The maximum absolute atomic E-state index is 13.6. The van der Waals surface area contributed by atoms with E-state index in [0.29, 0.717) is 10.7 Å². The molecule has 10 heteroatoms. The summed E-state index contributed by atoms with van der Waals surface area (Å²) in [4.78, 5) is -1.27. The molecule has 0 aromatic heterocycles. The first kappa shape index (κ1) is 17.2. The van der Waals surface area contributed by atoms with E-state index in [0.717, 1.165) is 0 Å². The fourth-order valence-electron chi connectivity index (χ4n) is 1.65. The third-order valence-electron chi connectivity index (χ3n) is 2.50. The second-order valence-electron chi connectivity index (χ2n) is 4.13. The van der Waals surface area contributed by atoms with Crippen molar-refractivity contribution in [2.75, 3.05) is 13.1 Å². The Labute approximate surface area is 119 Å². The lowest BCUT2D eigenvalue weighted by atomic mass is 10.3. The second kappa shape index (κ2) is 6.76. The first-order valence-electron chi connectivity index (χ1n) is 5.85. The van der Waals surface area contributed by atoms with Gasteiger partial charge in [0.2, 0.25) is 10.0 Å². The predicted molar refractivity (Wildman–Crippen MR) is 68.8 cm³/mol. The minimum atomic E-state index is -4.60. The van der Waals surface area contributed by atoms with Crippen molar-refractivity contribution in [3.8, 4) is 0 Å². The molecular formula is C11H14F3N3O3S. The van der Waals surface area contributed by atoms with Gasteiger partial charge in [-0.15, -0.1) is 0 Å². The second-order valence-corrected chi connectivity index (χ2v) is 6.00. The number of amidine groups is 1. The number of hydrogen-bond donors (Lipinski definition) is 2. The van der Waals surface area contributed by atoms with E-state index in [4.69, 9.17) is 10.9 Å². The van der Waals surface area contributed by atoms with E-state index in [2.05, 4.69) is 5.16 Å². The van der Waals surface area contributed by atoms with Crippen LogP contribution >= 0.6 is 0 Å². The van der Waals surface area contributed by atoms with Crippen LogP contribution in [-0.2, 0) is 10.0 Å². The largest absolute Gasteiger partial charge is 0.409 e. The van der Waals surface area contributed by atoms with Crippen LogP contribution in [0.1, 0.15) is 13.3 Å². The molecule has 0 saturated carbocycles. The van der Waals surface area contributed by atoms with Crippen LogP contribution in [0.5, 0.6) is 0 Å². The molecule has 0 aliphatic heterocycles. The van der Waals surface area contributed by atoms with Gasteiger partial charge in [-0.1, -0.05) is 12.1 Å². The van der Waals surface area contributed by atoms with E-state index in [1.165, 1.54) is 0 Å². The van der Waals surface area contributed by atoms with Crippen molar-refractivity contribution < 1.29 is 26.8 Å². The molecule has 0 saturated heterocycles. The SMILES string of the molecule is CCCN(CC(N)=NO)S(=O)(=O)c1c(F)cc(F)cc1F. The topological polar surface area (TPSA) is 96.0 Å². The van der Waals surface area contributed by atoms with Crippen molar-refractivity contribution in [1.29, 1.82) is 0 Å². The highest BCUT2D eigenvalue weighted by molar-refractivity contribution is 7.89. The van der Waals surface area contributed by atoms with Crippen molar-refractivity contribution in [3.05, 3.63) is 29.6 Å². The highest BCUT2D eigenvalue weighted by atomic mass is 32.2. The van der Waals surface area contributed by atoms with Crippen molar-refractivity contribution in [3.63, 3.8) is 0 Å². The summed E-state index contributed by atoms with van der Waals surface area (Å²) in [6.45, 7) is 0.962. The number of rotatable bonds is 6. The number of hydrogen-bond acceptors (Lipinski definition) is 4. The van der Waals surface area contributed by atoms with Crippen LogP contribution in [0, 0.1) is 17.5 Å². The van der Waals surface area contributed by atoms with E-state index < -0.39 is 44.8 Å². The normalized spacial score (nSPS) is 12.9. The fraction of sp³-hybridized carbons (Fsp3) is 0.364. The Morgan fingerprint density at radius 3 is 2.29 bits per heavy atom. The number of nitrogens with two attached hydrogens (primary N) is 1. The number of oxime groups is 1. The van der Waals surface area contributed by atoms with E-state index in [9.17, 15) is 21.6 Å². The number of benzene rings is 1. The smallest absolute Gasteiger partial charge is 0.249 e. The fourth-order valence-corrected chi connectivity index (χ4v) is 3.24. The quantitative estimate of drug-likeness (QED) is 0.356. The first-order chi connectivity index (χ1) is 9.73. The van der Waals surface area contributed by atoms with Gasteiger partial charge in [0.25, 0.3) is 0 Å². The number of halogens is 3. The summed E-state index contributed by atoms with van der Waals surface area (Å²) in [6, 6.07) is 0.535. The highest BCUT2D eigenvalue weighted by Crippen LogP contribution is 2.23. The summed E-state index contributed by atoms with van der Waals surface area (Å²) in [6.07, 6.45) is 0.322. The molecule has 21 heavy (non-hydrogen) atoms. The monoisotopic (exact) mass is 325 g/mol. The van der Waals surface area contributed by atoms with Crippen LogP contribution < -0.4 is 5.73 Å². The molecule has 0 heterocycles. The molecular weight excluding hydrogens is 311 g/mol. The molecule has 0 amide bonds. The standard InChI is InChI=1S/C11H14F3N3O3S/c1-2-3-17(6-10(15)16-18)21(19,20)11-8(13)4-7(12)5-9(11)14/h4-5,18H,2-3,6H2,1H3,(H2,15,16). The van der Waals surface area contributed by atoms with Gasteiger partial charge in [-0.2, -0.15) is 4.31 Å². The summed E-state index contributed by atoms with van der Waals surface area (Å²) in [7, 11) is -4.60. The molecule has 1 aromatic carbocycles. The molecule has 0 atom stereocenters. The van der Waals surface area contributed by atoms with Gasteiger partial charge in [0.05, 0.1) is 6.54 Å². The Bertz CT molecular complexity index is 626. The molecule has 0 aliphatic carbocycles. The van der Waals surface area contributed by atoms with Crippen LogP contribution in [0.25, 0.3) is 0 Å². The van der Waals surface area contributed by atoms with E-state index in [-0.39, 0.29) is 18.7 Å². The average Bonchev–Trinajstić information content (AvgIpc) is 2.36. The molecule has 0 fully saturated rings. The van der Waals surface area contributed by atoms with Gasteiger partial charge < -0.3 is 10.9 Å². The number of nitrogens with zero attached hydrogens (tertiary/aromatic N) is 2. The third kappa shape index (κ3) is 3.85. The summed E-state index contributed by atoms with van der Waals surface area (Å²) in [5.41, 5.74) is 5.23. The summed E-state index contributed by atoms with van der Waals surface area (Å²) >= 11 is 0. The van der Waals surface area contributed by atoms with Crippen molar-refractivity contribution in [2.45, 2.75) is 18.2 Å². The van der Waals surface area contributed by atoms with E-state index in [1.54, 1.807) is 6.92 Å². The van der Waals surface area contributed by atoms with Gasteiger partial charge >= 0.3 is 0 Å². The van der Waals surface area contributed by atoms with Crippen LogP contribution in [0.15, 0.2) is 22.2 Å². The summed E-state index contributed by atoms with van der Waals surface area (Å²) < 4.78 is 65.3. The van der Waals surface area contributed by atoms with Gasteiger partial charge in [0, 0.05) is 18.7 Å². The Hall–Kier alpha value is -1.81. The highest BCUT2D eigenvalue weighted by Gasteiger charge is 2.31. The molecule has 0 radical (unpaired) electrons. The molecule has 3 N–H and O–H groups in total. The minimum Gasteiger partial charge on any atom is -0.409 e. The molecule has 0 spiro atoms. The van der Waals surface area contributed by atoms with Crippen LogP contribution in [0.3, 0.4) is 0 Å². The summed E-state index contributed by atoms with van der Waals surface area (Å²) in [5, 5.41) is 11.1. The molecule has 118 valence electrons. The van der Waals surface area contributed by atoms with Crippen LogP contribution in [-0.4, -0.2) is 36.9 Å². The predicted octanol–water partition coefficient (Wildman–Crippen LogP) is 1.25. The van der Waals surface area contributed by atoms with Crippen LogP contribution in [0.2, 0.25) is 0 Å². The Morgan fingerprint density at radius 1 is 1.33 bits per heavy atom. The molecule has 1 rings (SSSR count). The zero-order valence-electron chi connectivity index (χ0n) is 11.1. The molecule has 1 aromatic rings. The van der Waals surface area contributed by atoms with Gasteiger partial charge in [-0.25, -0.2) is 21.6 Å². The molecule has 6 nitrogen and oxygen atoms in total. The lowest BCUT2D eigenvalue weighted by molar-refractivity contribution is 0.314. The average molecular weight is 325 g/mol. The molecule has 0 bridgehead atoms. The van der Waals surface area contributed by atoms with Crippen molar-refractivity contribution in [2.24, 2.45) is 10.9 Å². The van der Waals surface area contributed by atoms with Crippen molar-refractivity contribution in [1.82, 2.24) is 4.31 Å².